The highest BCUT2D eigenvalue weighted by Crippen LogP contribution is 2.43. The van der Waals surface area contributed by atoms with E-state index in [1.165, 1.54) is 22.8 Å². The van der Waals surface area contributed by atoms with E-state index in [-0.39, 0.29) is 72.3 Å². The predicted octanol–water partition coefficient (Wildman–Crippen LogP) is 16.0. The van der Waals surface area contributed by atoms with Crippen LogP contribution in [-0.4, -0.2) is 18.7 Å². The fraction of sp³-hybridized carbons (Fsp3) is 0.0769. The first-order valence-corrected chi connectivity index (χ1v) is 22.9. The lowest BCUT2D eigenvalue weighted by atomic mass is 9.88. The Morgan fingerprint density at radius 2 is 1.18 bits per heavy atom. The first kappa shape index (κ1) is 27.3. The zero-order chi connectivity index (χ0) is 63.3. The number of imidazole rings is 1. The molecule has 0 bridgehead atoms. The van der Waals surface area contributed by atoms with E-state index >= 15 is 0 Å². The van der Waals surface area contributed by atoms with Crippen LogP contribution in [0.25, 0.3) is 99.8 Å². The lowest BCUT2D eigenvalue weighted by Gasteiger charge is -2.19. The number of hydrogen-bond donors (Lipinski definition) is 0. The van der Waals surface area contributed by atoms with Crippen molar-refractivity contribution in [2.24, 2.45) is 5.41 Å². The molecular weight excluding hydrogens is 867 g/mol. The summed E-state index contributed by atoms with van der Waals surface area (Å²) in [5.41, 5.74) is 3.41. The molecule has 0 amide bonds. The van der Waals surface area contributed by atoms with Gasteiger partial charge < -0.3 is 9.30 Å². The number of benzene rings is 9. The van der Waals surface area contributed by atoms with E-state index in [0.29, 0.717) is 50.8 Å². The number of rotatable bonds is 9. The topological polar surface area (TPSA) is 40.8 Å². The zero-order valence-corrected chi connectivity index (χ0v) is 38.4. The molecule has 4 aromatic heterocycles. The lowest BCUT2D eigenvalue weighted by Crippen LogP contribution is -2.31. The molecule has 4 heterocycles. The summed E-state index contributed by atoms with van der Waals surface area (Å²) in [6, 6.07) is 23.5. The van der Waals surface area contributed by atoms with Gasteiger partial charge in [0.1, 0.15) is 17.3 Å². The van der Waals surface area contributed by atoms with Crippen molar-refractivity contribution in [2.75, 3.05) is 0 Å². The minimum absolute atomic E-state index is 0.0710. The van der Waals surface area contributed by atoms with E-state index < -0.39 is 109 Å². The second-order valence-electron chi connectivity index (χ2n) is 18.3. The predicted molar refractivity (Wildman–Crippen MR) is 291 cm³/mol. The van der Waals surface area contributed by atoms with Crippen LogP contribution >= 0.6 is 0 Å². The lowest BCUT2D eigenvalue weighted by molar-refractivity contribution is -0.571. The Hall–Kier alpha value is -9.00. The summed E-state index contributed by atoms with van der Waals surface area (Å²) in [6.07, 6.45) is 5.85. The van der Waals surface area contributed by atoms with Crippen molar-refractivity contribution in [3.8, 4) is 56.6 Å². The maximum Gasteiger partial charge on any atom is 0.269 e. The van der Waals surface area contributed by atoms with Crippen LogP contribution in [0.1, 0.15) is 51.0 Å². The van der Waals surface area contributed by atoms with E-state index in [1.54, 1.807) is 69.9 Å². The van der Waals surface area contributed by atoms with E-state index in [2.05, 4.69) is 27.1 Å². The second kappa shape index (κ2) is 16.9. The van der Waals surface area contributed by atoms with Gasteiger partial charge in [-0.2, -0.15) is 0 Å². The van der Waals surface area contributed by atoms with E-state index in [0.717, 1.165) is 5.56 Å². The van der Waals surface area contributed by atoms with Crippen molar-refractivity contribution in [3.05, 3.63) is 242 Å². The highest BCUT2D eigenvalue weighted by molar-refractivity contribution is 6.16. The third-order valence-electron chi connectivity index (χ3n) is 12.4. The van der Waals surface area contributed by atoms with E-state index in [4.69, 9.17) is 28.9 Å². The summed E-state index contributed by atoms with van der Waals surface area (Å²) >= 11 is 0. The van der Waals surface area contributed by atoms with Gasteiger partial charge in [0, 0.05) is 39.9 Å². The summed E-state index contributed by atoms with van der Waals surface area (Å²) in [5, 5.41) is 1.01. The molecule has 0 aliphatic heterocycles. The summed E-state index contributed by atoms with van der Waals surface area (Å²) in [5.74, 6) is 0.979. The standard InChI is InChI=1S/C65H49N5O/c1-65(2,3)42-44-36-37-66-62(38-44)70-57-33-15-12-28-54(57)63-60(69-55-31-13-10-26-52(55)53-27-11-14-32-56(53)69)40-49(41-61(63)70)71-48-25-18-24-47(39-48)67-43-68(59-35-17-16-34-58(59)67)64-50(45-20-6-4-7-21-45)29-19-30-51(64)46-22-8-5-9-23-46/h4-41H,42H2,1-3H3/i4D,5D,6D,7D,8D,9D,10D,11D,13D,14D,20D,21D,22D,23D,26D,27D,31D,32D. The van der Waals surface area contributed by atoms with Crippen LogP contribution in [0, 0.1) is 11.7 Å². The molecule has 71 heavy (non-hydrogen) atoms. The van der Waals surface area contributed by atoms with E-state index in [1.807, 2.05) is 47.0 Å². The Kier molecular flexibility index (Phi) is 6.49. The van der Waals surface area contributed by atoms with Gasteiger partial charge in [-0.15, -0.1) is 0 Å². The Morgan fingerprint density at radius 1 is 0.549 bits per heavy atom. The van der Waals surface area contributed by atoms with Gasteiger partial charge >= 0.3 is 0 Å². The molecule has 0 unspecified atom stereocenters. The van der Waals surface area contributed by atoms with Gasteiger partial charge in [-0.25, -0.2) is 4.98 Å². The molecule has 0 fully saturated rings. The molecule has 13 aromatic rings. The average molecular weight is 934 g/mol. The summed E-state index contributed by atoms with van der Waals surface area (Å²) in [4.78, 5) is 4.91. The van der Waals surface area contributed by atoms with Gasteiger partial charge in [0.2, 0.25) is 0 Å². The molecule has 340 valence electrons. The monoisotopic (exact) mass is 934 g/mol. The maximum atomic E-state index is 9.49. The number of ether oxygens (including phenoxy) is 1. The van der Waals surface area contributed by atoms with Gasteiger partial charge in [-0.3, -0.25) is 13.7 Å². The minimum Gasteiger partial charge on any atom is -0.458 e. The Labute approximate surface area is 437 Å². The van der Waals surface area contributed by atoms with Gasteiger partial charge in [0.05, 0.1) is 74.8 Å². The van der Waals surface area contributed by atoms with Crippen molar-refractivity contribution in [3.63, 3.8) is 0 Å². The van der Waals surface area contributed by atoms with Crippen LogP contribution in [0.5, 0.6) is 11.5 Å². The molecule has 0 N–H and O–H groups in total. The van der Waals surface area contributed by atoms with Crippen molar-refractivity contribution in [1.29, 1.82) is 0 Å². The number of para-hydroxylation sites is 6. The first-order chi connectivity index (χ1) is 42.3. The Bertz CT molecular complexity index is 5030. The molecule has 13 rings (SSSR count). The molecule has 9 aromatic carbocycles. The normalized spacial score (nSPS) is 15.5. The fourth-order valence-electron chi connectivity index (χ4n) is 9.69. The third kappa shape index (κ3) is 7.35. The number of pyridine rings is 1. The maximum absolute atomic E-state index is 9.49. The SMILES string of the molecule is [2H]c1c([2H])c([2H])c(-c2cccc(-c3c([2H])c([2H])c([2H])c([2H])c3[2H])c2-[n+]2[c-]n(-c3cccc(Oc4cc(-n5c6c([2H])c([2H])c([2H])c([2H])c6c6c([2H])c([2H])c([2H])c([2H])c65)c5c6ccccc6n(-c6cc(CC(C)(C)C)ccn6)c5c4)c3)c3ccccc32)c([2H])c1[2H]. The largest absolute Gasteiger partial charge is 0.458 e. The Morgan fingerprint density at radius 3 is 1.89 bits per heavy atom. The van der Waals surface area contributed by atoms with Crippen LogP contribution < -0.4 is 9.30 Å². The molecule has 6 nitrogen and oxygen atoms in total. The van der Waals surface area contributed by atoms with Gasteiger partial charge in [0.25, 0.3) is 6.33 Å². The quantitative estimate of drug-likeness (QED) is 0.107. The third-order valence-corrected chi connectivity index (χ3v) is 12.4. The number of hydrogen-bond acceptors (Lipinski definition) is 2. The van der Waals surface area contributed by atoms with Crippen molar-refractivity contribution in [2.45, 2.75) is 27.2 Å². The molecular formula is C65H49N5O. The molecule has 0 atom stereocenters. The highest BCUT2D eigenvalue weighted by atomic mass is 16.5. The van der Waals surface area contributed by atoms with Gasteiger partial charge in [-0.05, 0) is 88.1 Å². The summed E-state index contributed by atoms with van der Waals surface area (Å²) in [6.45, 7) is 6.42. The average Bonchev–Trinajstić information content (AvgIpc) is 1.56. The highest BCUT2D eigenvalue weighted by Gasteiger charge is 2.24. The summed E-state index contributed by atoms with van der Waals surface area (Å²) < 4.78 is 175. The smallest absolute Gasteiger partial charge is 0.269 e. The molecule has 0 saturated carbocycles. The van der Waals surface area contributed by atoms with Crippen LogP contribution in [0.2, 0.25) is 0 Å². The van der Waals surface area contributed by atoms with Crippen LogP contribution in [0.15, 0.2) is 230 Å². The number of nitrogens with zero attached hydrogens (tertiary/aromatic N) is 5. The second-order valence-corrected chi connectivity index (χ2v) is 18.3. The number of aromatic nitrogens is 5. The van der Waals surface area contributed by atoms with Crippen molar-refractivity contribution in [1.82, 2.24) is 18.7 Å². The van der Waals surface area contributed by atoms with E-state index in [9.17, 15) is 5.48 Å². The number of fused-ring (bicyclic) bond motifs is 7. The van der Waals surface area contributed by atoms with Crippen LogP contribution in [0.3, 0.4) is 0 Å². The molecule has 0 aliphatic carbocycles. The molecule has 0 spiro atoms. The van der Waals surface area contributed by atoms with Crippen molar-refractivity contribution >= 4 is 54.6 Å². The first-order valence-electron chi connectivity index (χ1n) is 31.9. The van der Waals surface area contributed by atoms with Gasteiger partial charge in [-0.1, -0.05) is 184 Å². The van der Waals surface area contributed by atoms with Crippen molar-refractivity contribution < 1.29 is 34.0 Å². The molecule has 6 heteroatoms. The molecule has 0 saturated heterocycles. The van der Waals surface area contributed by atoms with Crippen LogP contribution in [-0.2, 0) is 6.42 Å². The molecule has 0 radical (unpaired) electrons. The minimum atomic E-state index is -0.625. The fourth-order valence-corrected chi connectivity index (χ4v) is 9.69. The van der Waals surface area contributed by atoms with Crippen LogP contribution in [0.4, 0.5) is 0 Å². The Balaban J connectivity index is 1.07. The zero-order valence-electron chi connectivity index (χ0n) is 56.4. The van der Waals surface area contributed by atoms with Gasteiger partial charge in [0.15, 0.2) is 0 Å². The summed E-state index contributed by atoms with van der Waals surface area (Å²) in [7, 11) is 0. The molecule has 0 aliphatic rings.